The highest BCUT2D eigenvalue weighted by Crippen LogP contribution is 2.36. The van der Waals surface area contributed by atoms with E-state index in [1.807, 2.05) is 46.9 Å². The first-order valence-corrected chi connectivity index (χ1v) is 11.9. The standard InChI is InChI=1S/C27H24ClF3N4O/c1-16-13-34(15-33-16)24-6-5-17(9-25(24)36-2)8-19-10-20(28)14-35-23(4-3-7-32-27(19)35)18-11-21(29)26(31)22(30)12-18/h5-6,9-15,23H,3-4,7-8H2,1-2H3. The molecule has 1 atom stereocenters. The summed E-state index contributed by atoms with van der Waals surface area (Å²) in [4.78, 5) is 10.9. The number of rotatable bonds is 5. The molecule has 186 valence electrons. The number of ether oxygens (including phenoxy) is 1. The summed E-state index contributed by atoms with van der Waals surface area (Å²) in [5.41, 5.74) is 3.95. The Hall–Kier alpha value is -3.52. The van der Waals surface area contributed by atoms with Gasteiger partial charge in [0.1, 0.15) is 11.6 Å². The van der Waals surface area contributed by atoms with E-state index in [4.69, 9.17) is 21.3 Å². The molecule has 0 N–H and O–H groups in total. The lowest BCUT2D eigenvalue weighted by Crippen LogP contribution is -2.33. The summed E-state index contributed by atoms with van der Waals surface area (Å²) in [5.74, 6) is -2.53. The van der Waals surface area contributed by atoms with E-state index in [9.17, 15) is 13.2 Å². The second-order valence-corrected chi connectivity index (χ2v) is 9.29. The van der Waals surface area contributed by atoms with Crippen LogP contribution in [0.3, 0.4) is 0 Å². The van der Waals surface area contributed by atoms with Gasteiger partial charge < -0.3 is 14.2 Å². The monoisotopic (exact) mass is 512 g/mol. The zero-order valence-corrected chi connectivity index (χ0v) is 20.6. The quantitative estimate of drug-likeness (QED) is 0.371. The second kappa shape index (κ2) is 9.85. The average Bonchev–Trinajstić information content (AvgIpc) is 3.17. The molecule has 1 unspecified atom stereocenters. The van der Waals surface area contributed by atoms with Gasteiger partial charge in [0.2, 0.25) is 0 Å². The smallest absolute Gasteiger partial charge is 0.194 e. The molecule has 0 saturated heterocycles. The molecule has 0 radical (unpaired) electrons. The molecule has 2 aliphatic heterocycles. The molecule has 1 aromatic heterocycles. The summed E-state index contributed by atoms with van der Waals surface area (Å²) >= 11 is 6.50. The Morgan fingerprint density at radius 3 is 2.61 bits per heavy atom. The molecule has 36 heavy (non-hydrogen) atoms. The second-order valence-electron chi connectivity index (χ2n) is 8.86. The maximum absolute atomic E-state index is 14.1. The molecule has 3 aromatic rings. The van der Waals surface area contributed by atoms with E-state index in [0.717, 1.165) is 34.7 Å². The van der Waals surface area contributed by atoms with Crippen LogP contribution in [-0.4, -0.2) is 33.9 Å². The molecule has 9 heteroatoms. The predicted molar refractivity (Wildman–Crippen MR) is 133 cm³/mol. The zero-order chi connectivity index (χ0) is 25.4. The van der Waals surface area contributed by atoms with E-state index in [-0.39, 0.29) is 0 Å². The van der Waals surface area contributed by atoms with E-state index in [0.29, 0.717) is 48.0 Å². The molecule has 3 heterocycles. The summed E-state index contributed by atoms with van der Waals surface area (Å²) in [6.07, 6.45) is 9.02. The van der Waals surface area contributed by atoms with E-state index < -0.39 is 23.5 Å². The van der Waals surface area contributed by atoms with Gasteiger partial charge in [0.15, 0.2) is 17.5 Å². The number of allylic oxidation sites excluding steroid dienone is 2. The minimum absolute atomic E-state index is 0.338. The van der Waals surface area contributed by atoms with Crippen molar-refractivity contribution >= 4 is 17.4 Å². The van der Waals surface area contributed by atoms with Gasteiger partial charge in [0.25, 0.3) is 0 Å². The molecule has 0 aliphatic carbocycles. The molecule has 0 fully saturated rings. The number of imidazole rings is 1. The van der Waals surface area contributed by atoms with Crippen LogP contribution < -0.4 is 4.74 Å². The molecular weight excluding hydrogens is 489 g/mol. The van der Waals surface area contributed by atoms with Crippen LogP contribution >= 0.6 is 11.6 Å². The molecule has 0 amide bonds. The van der Waals surface area contributed by atoms with E-state index in [1.165, 1.54) is 0 Å². The zero-order valence-electron chi connectivity index (χ0n) is 19.8. The van der Waals surface area contributed by atoms with Crippen molar-refractivity contribution in [2.45, 2.75) is 32.2 Å². The number of aryl methyl sites for hydroxylation is 1. The van der Waals surface area contributed by atoms with Crippen LogP contribution in [0.25, 0.3) is 5.69 Å². The number of hydrogen-bond donors (Lipinski definition) is 0. The average molecular weight is 513 g/mol. The Morgan fingerprint density at radius 1 is 1.14 bits per heavy atom. The number of aromatic nitrogens is 2. The van der Waals surface area contributed by atoms with Gasteiger partial charge >= 0.3 is 0 Å². The summed E-state index contributed by atoms with van der Waals surface area (Å²) in [5, 5.41) is 0.469. The van der Waals surface area contributed by atoms with Crippen molar-refractivity contribution in [1.29, 1.82) is 0 Å². The van der Waals surface area contributed by atoms with Crippen molar-refractivity contribution in [3.05, 3.63) is 100 Å². The summed E-state index contributed by atoms with van der Waals surface area (Å²) < 4.78 is 49.3. The van der Waals surface area contributed by atoms with Crippen LogP contribution in [0.15, 0.2) is 70.7 Å². The fraction of sp³-hybridized carbons (Fsp3) is 0.259. The third-order valence-electron chi connectivity index (χ3n) is 6.36. The Balaban J connectivity index is 1.47. The SMILES string of the molecule is COc1cc(CC2=CC(Cl)=CN3C2=NCCCC3c2cc(F)c(F)c(F)c2)ccc1-n1cnc(C)c1. The molecule has 0 spiro atoms. The van der Waals surface area contributed by atoms with Crippen LogP contribution in [0.1, 0.15) is 35.7 Å². The minimum Gasteiger partial charge on any atom is -0.495 e. The fourth-order valence-corrected chi connectivity index (χ4v) is 4.94. The van der Waals surface area contributed by atoms with Crippen LogP contribution in [0.4, 0.5) is 13.2 Å². The maximum atomic E-state index is 14.1. The van der Waals surface area contributed by atoms with Gasteiger partial charge in [0, 0.05) is 30.9 Å². The molecule has 0 saturated carbocycles. The molecule has 5 nitrogen and oxygen atoms in total. The predicted octanol–water partition coefficient (Wildman–Crippen LogP) is 6.40. The minimum atomic E-state index is -1.47. The van der Waals surface area contributed by atoms with Gasteiger partial charge in [-0.1, -0.05) is 17.7 Å². The van der Waals surface area contributed by atoms with E-state index in [2.05, 4.69) is 4.98 Å². The van der Waals surface area contributed by atoms with Crippen molar-refractivity contribution in [2.75, 3.05) is 13.7 Å². The van der Waals surface area contributed by atoms with Crippen LogP contribution in [-0.2, 0) is 6.42 Å². The summed E-state index contributed by atoms with van der Waals surface area (Å²) in [6, 6.07) is 7.59. The number of fused-ring (bicyclic) bond motifs is 1. The van der Waals surface area contributed by atoms with Crippen molar-refractivity contribution in [3.8, 4) is 11.4 Å². The third-order valence-corrected chi connectivity index (χ3v) is 6.57. The summed E-state index contributed by atoms with van der Waals surface area (Å²) in [7, 11) is 1.62. The largest absolute Gasteiger partial charge is 0.495 e. The van der Waals surface area contributed by atoms with Gasteiger partial charge in [-0.15, -0.1) is 0 Å². The van der Waals surface area contributed by atoms with E-state index in [1.54, 1.807) is 19.6 Å². The topological polar surface area (TPSA) is 42.6 Å². The van der Waals surface area contributed by atoms with Crippen LogP contribution in [0.2, 0.25) is 0 Å². The summed E-state index contributed by atoms with van der Waals surface area (Å²) in [6.45, 7) is 2.48. The number of methoxy groups -OCH3 is 1. The van der Waals surface area contributed by atoms with Gasteiger partial charge in [-0.25, -0.2) is 18.2 Å². The lowest BCUT2D eigenvalue weighted by Gasteiger charge is -2.34. The first kappa shape index (κ1) is 24.2. The number of benzene rings is 2. The number of halogens is 4. The molecule has 2 aliphatic rings. The Bertz CT molecular complexity index is 1390. The van der Waals surface area contributed by atoms with Crippen molar-refractivity contribution in [3.63, 3.8) is 0 Å². The first-order chi connectivity index (χ1) is 17.3. The number of aliphatic imine (C=N–C) groups is 1. The van der Waals surface area contributed by atoms with Crippen LogP contribution in [0.5, 0.6) is 5.75 Å². The van der Waals surface area contributed by atoms with Gasteiger partial charge in [0.05, 0.1) is 35.9 Å². The van der Waals surface area contributed by atoms with Crippen LogP contribution in [0, 0.1) is 24.4 Å². The van der Waals surface area contributed by atoms with Crippen molar-refractivity contribution < 1.29 is 17.9 Å². The molecule has 5 rings (SSSR count). The lowest BCUT2D eigenvalue weighted by molar-refractivity contribution is 0.380. The van der Waals surface area contributed by atoms with Crippen molar-refractivity contribution in [2.24, 2.45) is 4.99 Å². The Labute approximate surface area is 212 Å². The highest BCUT2D eigenvalue weighted by molar-refractivity contribution is 6.32. The highest BCUT2D eigenvalue weighted by Gasteiger charge is 2.30. The molecule has 0 bridgehead atoms. The van der Waals surface area contributed by atoms with Crippen molar-refractivity contribution in [1.82, 2.24) is 14.5 Å². The highest BCUT2D eigenvalue weighted by atomic mass is 35.5. The first-order valence-electron chi connectivity index (χ1n) is 11.6. The van der Waals surface area contributed by atoms with E-state index >= 15 is 0 Å². The van der Waals surface area contributed by atoms with Gasteiger partial charge in [-0.2, -0.15) is 0 Å². The maximum Gasteiger partial charge on any atom is 0.194 e. The number of amidine groups is 1. The fourth-order valence-electron chi connectivity index (χ4n) is 4.70. The van der Waals surface area contributed by atoms with Gasteiger partial charge in [-0.3, -0.25) is 4.99 Å². The Morgan fingerprint density at radius 2 is 1.92 bits per heavy atom. The Kier molecular flexibility index (Phi) is 6.62. The number of nitrogens with zero attached hydrogens (tertiary/aromatic N) is 4. The lowest BCUT2D eigenvalue weighted by atomic mass is 9.96. The van der Waals surface area contributed by atoms with Gasteiger partial charge in [-0.05, 0) is 61.2 Å². The number of hydrogen-bond acceptors (Lipinski definition) is 4. The molecule has 2 aromatic carbocycles. The normalized spacial score (nSPS) is 17.7. The third kappa shape index (κ3) is 4.65. The molecular formula is C27H24ClF3N4O.